The lowest BCUT2D eigenvalue weighted by atomic mass is 10.3. The van der Waals surface area contributed by atoms with Gasteiger partial charge in [0.15, 0.2) is 0 Å². The van der Waals surface area contributed by atoms with Crippen LogP contribution in [0.3, 0.4) is 0 Å². The summed E-state index contributed by atoms with van der Waals surface area (Å²) in [5.41, 5.74) is 9.29. The molecule has 0 unspecified atom stereocenters. The Morgan fingerprint density at radius 2 is 1.96 bits per heavy atom. The number of carbonyl (C=O) groups is 3. The molecule has 0 aliphatic carbocycles. The topological polar surface area (TPSA) is 123 Å². The molecule has 1 aromatic rings. The van der Waals surface area contributed by atoms with Gasteiger partial charge >= 0.3 is 6.03 Å². The van der Waals surface area contributed by atoms with Crippen molar-refractivity contribution >= 4 is 41.0 Å². The number of ether oxygens (including phenoxy) is 1. The number of hydrazine groups is 1. The maximum absolute atomic E-state index is 11.6. The minimum atomic E-state index is -0.863. The SMILES string of the molecule is C[C@@H](NC(N)=O)C(=O)NNC(=O)CCCOc1ccc(Cl)cc1Cl. The minimum absolute atomic E-state index is 0.128. The van der Waals surface area contributed by atoms with Gasteiger partial charge < -0.3 is 15.8 Å². The normalized spacial score (nSPS) is 11.3. The molecule has 1 aromatic carbocycles. The Labute approximate surface area is 149 Å². The second-order valence-corrected chi connectivity index (χ2v) is 5.64. The first-order valence-electron chi connectivity index (χ1n) is 7.02. The van der Waals surface area contributed by atoms with Gasteiger partial charge in [-0.1, -0.05) is 23.2 Å². The van der Waals surface area contributed by atoms with Crippen molar-refractivity contribution < 1.29 is 19.1 Å². The molecule has 4 amide bonds. The van der Waals surface area contributed by atoms with Gasteiger partial charge in [-0.05, 0) is 31.5 Å². The fraction of sp³-hybridized carbons (Fsp3) is 0.357. The standard InChI is InChI=1S/C14H18Cl2N4O4/c1-8(18-14(17)23)13(22)20-19-12(21)3-2-6-24-11-5-4-9(15)7-10(11)16/h4-5,7-8H,2-3,6H2,1H3,(H,19,21)(H,20,22)(H3,17,18,23)/t8-/m1/s1. The molecule has 0 spiro atoms. The van der Waals surface area contributed by atoms with Crippen LogP contribution in [-0.2, 0) is 9.59 Å². The van der Waals surface area contributed by atoms with E-state index in [2.05, 4.69) is 16.2 Å². The molecule has 1 rings (SSSR count). The van der Waals surface area contributed by atoms with Crippen molar-refractivity contribution in [1.29, 1.82) is 0 Å². The summed E-state index contributed by atoms with van der Waals surface area (Å²) < 4.78 is 5.43. The van der Waals surface area contributed by atoms with Crippen molar-refractivity contribution in [3.63, 3.8) is 0 Å². The van der Waals surface area contributed by atoms with Crippen LogP contribution in [0.2, 0.25) is 10.0 Å². The monoisotopic (exact) mass is 376 g/mol. The summed E-state index contributed by atoms with van der Waals surface area (Å²) in [6, 6.07) is 3.15. The number of amides is 4. The maximum Gasteiger partial charge on any atom is 0.312 e. The van der Waals surface area contributed by atoms with Gasteiger partial charge in [-0.2, -0.15) is 0 Å². The number of urea groups is 1. The zero-order valence-electron chi connectivity index (χ0n) is 12.9. The first-order valence-corrected chi connectivity index (χ1v) is 7.77. The maximum atomic E-state index is 11.6. The molecule has 0 fully saturated rings. The first kappa shape index (κ1) is 19.9. The lowest BCUT2D eigenvalue weighted by molar-refractivity contribution is -0.129. The van der Waals surface area contributed by atoms with Crippen LogP contribution in [-0.4, -0.2) is 30.5 Å². The molecule has 8 nitrogen and oxygen atoms in total. The van der Waals surface area contributed by atoms with Crippen LogP contribution >= 0.6 is 23.2 Å². The minimum Gasteiger partial charge on any atom is -0.492 e. The largest absolute Gasteiger partial charge is 0.492 e. The molecule has 0 saturated carbocycles. The van der Waals surface area contributed by atoms with E-state index in [0.29, 0.717) is 22.2 Å². The summed E-state index contributed by atoms with van der Waals surface area (Å²) in [4.78, 5) is 33.7. The smallest absolute Gasteiger partial charge is 0.312 e. The van der Waals surface area contributed by atoms with E-state index < -0.39 is 23.9 Å². The van der Waals surface area contributed by atoms with Crippen molar-refractivity contribution in [3.8, 4) is 5.75 Å². The molecule has 0 saturated heterocycles. The van der Waals surface area contributed by atoms with Crippen LogP contribution in [0, 0.1) is 0 Å². The third-order valence-corrected chi connectivity index (χ3v) is 3.31. The van der Waals surface area contributed by atoms with E-state index in [-0.39, 0.29) is 13.0 Å². The van der Waals surface area contributed by atoms with Crippen LogP contribution in [0.5, 0.6) is 5.75 Å². The average Bonchev–Trinajstić information content (AvgIpc) is 2.50. The van der Waals surface area contributed by atoms with E-state index in [4.69, 9.17) is 33.7 Å². The summed E-state index contributed by atoms with van der Waals surface area (Å²) in [5, 5.41) is 3.07. The average molecular weight is 377 g/mol. The van der Waals surface area contributed by atoms with E-state index in [0.717, 1.165) is 0 Å². The van der Waals surface area contributed by atoms with Crippen molar-refractivity contribution in [2.75, 3.05) is 6.61 Å². The molecular weight excluding hydrogens is 359 g/mol. The predicted octanol–water partition coefficient (Wildman–Crippen LogP) is 1.36. The highest BCUT2D eigenvalue weighted by Crippen LogP contribution is 2.27. The van der Waals surface area contributed by atoms with Gasteiger partial charge in [0.1, 0.15) is 11.8 Å². The number of rotatable bonds is 7. The lowest BCUT2D eigenvalue weighted by Crippen LogP contribution is -2.52. The van der Waals surface area contributed by atoms with Gasteiger partial charge in [-0.3, -0.25) is 20.4 Å². The number of nitrogens with two attached hydrogens (primary N) is 1. The van der Waals surface area contributed by atoms with Crippen molar-refractivity contribution in [3.05, 3.63) is 28.2 Å². The van der Waals surface area contributed by atoms with E-state index in [1.54, 1.807) is 18.2 Å². The van der Waals surface area contributed by atoms with Crippen LogP contribution in [0.1, 0.15) is 19.8 Å². The summed E-state index contributed by atoms with van der Waals surface area (Å²) in [6.45, 7) is 1.69. The number of hydrogen-bond acceptors (Lipinski definition) is 4. The lowest BCUT2D eigenvalue weighted by Gasteiger charge is -2.13. The van der Waals surface area contributed by atoms with Gasteiger partial charge in [-0.15, -0.1) is 0 Å². The number of primary amides is 1. The molecule has 132 valence electrons. The fourth-order valence-corrected chi connectivity index (χ4v) is 2.05. The molecule has 0 bridgehead atoms. The predicted molar refractivity (Wildman–Crippen MR) is 89.7 cm³/mol. The Morgan fingerprint density at radius 1 is 1.25 bits per heavy atom. The number of halogens is 2. The van der Waals surface area contributed by atoms with Crippen LogP contribution in [0.4, 0.5) is 4.79 Å². The Morgan fingerprint density at radius 3 is 2.58 bits per heavy atom. The number of nitrogens with one attached hydrogen (secondary N) is 3. The molecular formula is C14H18Cl2N4O4. The zero-order valence-corrected chi connectivity index (χ0v) is 14.4. The van der Waals surface area contributed by atoms with Crippen molar-refractivity contribution in [2.24, 2.45) is 5.73 Å². The zero-order chi connectivity index (χ0) is 18.1. The number of hydrogen-bond donors (Lipinski definition) is 4. The number of benzene rings is 1. The van der Waals surface area contributed by atoms with Crippen LogP contribution in [0.15, 0.2) is 18.2 Å². The van der Waals surface area contributed by atoms with Crippen LogP contribution in [0.25, 0.3) is 0 Å². The highest BCUT2D eigenvalue weighted by Gasteiger charge is 2.14. The van der Waals surface area contributed by atoms with Gasteiger partial charge in [0.25, 0.3) is 5.91 Å². The Kier molecular flexibility index (Phi) is 8.14. The van der Waals surface area contributed by atoms with Crippen molar-refractivity contribution in [1.82, 2.24) is 16.2 Å². The Hall–Kier alpha value is -2.19. The van der Waals surface area contributed by atoms with Crippen molar-refractivity contribution in [2.45, 2.75) is 25.8 Å². The molecule has 0 aliphatic rings. The second-order valence-electron chi connectivity index (χ2n) is 4.79. The van der Waals surface area contributed by atoms with Gasteiger partial charge in [0, 0.05) is 11.4 Å². The van der Waals surface area contributed by atoms with E-state index in [1.165, 1.54) is 6.92 Å². The second kappa shape index (κ2) is 9.84. The summed E-state index contributed by atoms with van der Waals surface area (Å²) in [5.74, 6) is -0.520. The van der Waals surface area contributed by atoms with E-state index in [1.807, 2.05) is 0 Å². The third kappa shape index (κ3) is 7.38. The fourth-order valence-electron chi connectivity index (χ4n) is 1.59. The molecule has 10 heteroatoms. The van der Waals surface area contributed by atoms with Gasteiger partial charge in [0.2, 0.25) is 5.91 Å². The van der Waals surface area contributed by atoms with Crippen LogP contribution < -0.4 is 26.6 Å². The molecule has 0 aromatic heterocycles. The summed E-state index contributed by atoms with van der Waals surface area (Å²) in [7, 11) is 0. The summed E-state index contributed by atoms with van der Waals surface area (Å²) in [6.07, 6.45) is 0.541. The molecule has 24 heavy (non-hydrogen) atoms. The highest BCUT2D eigenvalue weighted by atomic mass is 35.5. The van der Waals surface area contributed by atoms with E-state index >= 15 is 0 Å². The Bertz CT molecular complexity index is 612. The van der Waals surface area contributed by atoms with E-state index in [9.17, 15) is 14.4 Å². The quantitative estimate of drug-likeness (QED) is 0.423. The first-order chi connectivity index (χ1) is 11.3. The molecule has 0 radical (unpaired) electrons. The molecule has 0 heterocycles. The number of carbonyl (C=O) groups excluding carboxylic acids is 3. The van der Waals surface area contributed by atoms with Gasteiger partial charge in [-0.25, -0.2) is 4.79 Å². The van der Waals surface area contributed by atoms with Gasteiger partial charge in [0.05, 0.1) is 11.6 Å². The Balaban J connectivity index is 2.22. The molecule has 1 atom stereocenters. The highest BCUT2D eigenvalue weighted by molar-refractivity contribution is 6.35. The molecule has 5 N–H and O–H groups in total. The third-order valence-electron chi connectivity index (χ3n) is 2.78. The summed E-state index contributed by atoms with van der Waals surface area (Å²) >= 11 is 11.7. The molecule has 0 aliphatic heterocycles.